The second-order valence-corrected chi connectivity index (χ2v) is 3.59. The number of rotatable bonds is 4. The Kier molecular flexibility index (Phi) is 4.05. The van der Waals surface area contributed by atoms with Gasteiger partial charge in [0, 0.05) is 18.5 Å². The number of nitrogens with two attached hydrogens (primary N) is 1. The van der Waals surface area contributed by atoms with Gasteiger partial charge in [0.15, 0.2) is 0 Å². The Morgan fingerprint density at radius 1 is 1.53 bits per heavy atom. The molecule has 15 heavy (non-hydrogen) atoms. The van der Waals surface area contributed by atoms with Crippen LogP contribution in [0.3, 0.4) is 0 Å². The van der Waals surface area contributed by atoms with Crippen LogP contribution in [0.25, 0.3) is 0 Å². The summed E-state index contributed by atoms with van der Waals surface area (Å²) in [6.07, 6.45) is -0.513. The molecule has 0 amide bonds. The van der Waals surface area contributed by atoms with Crippen molar-refractivity contribution in [3.63, 3.8) is 0 Å². The number of aliphatic hydroxyl groups excluding tert-OH is 1. The highest BCUT2D eigenvalue weighted by Gasteiger charge is 2.13. The van der Waals surface area contributed by atoms with E-state index in [1.54, 1.807) is 19.1 Å². The van der Waals surface area contributed by atoms with Crippen molar-refractivity contribution in [2.75, 3.05) is 7.11 Å². The summed E-state index contributed by atoms with van der Waals surface area (Å²) in [7, 11) is 1.48. The standard InChI is InChI=1S/C11H16FNO2/c1-7(13)11(14)5-8-3-4-9(15-2)6-10(8)12/h3-4,6-7,11,14H,5,13H2,1-2H3. The zero-order chi connectivity index (χ0) is 11.4. The number of benzene rings is 1. The molecule has 0 aliphatic rings. The first-order valence-electron chi connectivity index (χ1n) is 4.80. The molecular weight excluding hydrogens is 197 g/mol. The van der Waals surface area contributed by atoms with Gasteiger partial charge in [0.25, 0.3) is 0 Å². The molecule has 3 N–H and O–H groups in total. The van der Waals surface area contributed by atoms with Crippen LogP contribution in [0.4, 0.5) is 4.39 Å². The molecule has 3 nitrogen and oxygen atoms in total. The molecule has 0 aliphatic carbocycles. The molecule has 0 radical (unpaired) electrons. The van der Waals surface area contributed by atoms with Gasteiger partial charge >= 0.3 is 0 Å². The largest absolute Gasteiger partial charge is 0.497 e. The molecule has 0 spiro atoms. The summed E-state index contributed by atoms with van der Waals surface area (Å²) in [5.74, 6) is 0.0839. The number of aliphatic hydroxyl groups is 1. The minimum absolute atomic E-state index is 0.216. The van der Waals surface area contributed by atoms with Crippen molar-refractivity contribution in [2.45, 2.75) is 25.5 Å². The third kappa shape index (κ3) is 3.18. The van der Waals surface area contributed by atoms with Gasteiger partial charge in [-0.3, -0.25) is 0 Å². The fraction of sp³-hybridized carbons (Fsp3) is 0.455. The van der Waals surface area contributed by atoms with E-state index < -0.39 is 6.10 Å². The van der Waals surface area contributed by atoms with E-state index in [1.165, 1.54) is 13.2 Å². The molecule has 1 rings (SSSR count). The van der Waals surface area contributed by atoms with E-state index in [9.17, 15) is 9.50 Å². The summed E-state index contributed by atoms with van der Waals surface area (Å²) in [5.41, 5.74) is 5.94. The second kappa shape index (κ2) is 5.09. The van der Waals surface area contributed by atoms with Crippen molar-refractivity contribution < 1.29 is 14.2 Å². The maximum absolute atomic E-state index is 13.4. The number of halogens is 1. The number of hydrogen-bond acceptors (Lipinski definition) is 3. The lowest BCUT2D eigenvalue weighted by Crippen LogP contribution is -2.33. The van der Waals surface area contributed by atoms with E-state index in [4.69, 9.17) is 10.5 Å². The van der Waals surface area contributed by atoms with Crippen LogP contribution >= 0.6 is 0 Å². The van der Waals surface area contributed by atoms with Gasteiger partial charge < -0.3 is 15.6 Å². The van der Waals surface area contributed by atoms with Crippen molar-refractivity contribution in [3.05, 3.63) is 29.6 Å². The zero-order valence-electron chi connectivity index (χ0n) is 8.90. The number of hydrogen-bond donors (Lipinski definition) is 2. The normalized spacial score (nSPS) is 14.7. The molecule has 1 aromatic carbocycles. The molecule has 0 fully saturated rings. The van der Waals surface area contributed by atoms with Gasteiger partial charge in [-0.1, -0.05) is 6.07 Å². The van der Waals surface area contributed by atoms with Gasteiger partial charge in [-0.15, -0.1) is 0 Å². The van der Waals surface area contributed by atoms with Crippen LogP contribution in [0.5, 0.6) is 5.75 Å². The molecule has 2 atom stereocenters. The van der Waals surface area contributed by atoms with Crippen LogP contribution in [0.2, 0.25) is 0 Å². The fourth-order valence-electron chi connectivity index (χ4n) is 1.23. The minimum Gasteiger partial charge on any atom is -0.497 e. The molecule has 0 saturated carbocycles. The van der Waals surface area contributed by atoms with E-state index in [2.05, 4.69) is 0 Å². The smallest absolute Gasteiger partial charge is 0.130 e. The van der Waals surface area contributed by atoms with Crippen molar-refractivity contribution in [1.29, 1.82) is 0 Å². The average molecular weight is 213 g/mol. The Morgan fingerprint density at radius 2 is 2.20 bits per heavy atom. The van der Waals surface area contributed by atoms with Crippen LogP contribution in [0.1, 0.15) is 12.5 Å². The highest BCUT2D eigenvalue weighted by atomic mass is 19.1. The Balaban J connectivity index is 2.78. The fourth-order valence-corrected chi connectivity index (χ4v) is 1.23. The quantitative estimate of drug-likeness (QED) is 0.787. The van der Waals surface area contributed by atoms with E-state index in [0.29, 0.717) is 11.3 Å². The Labute approximate surface area is 88.7 Å². The molecule has 2 unspecified atom stereocenters. The van der Waals surface area contributed by atoms with Gasteiger partial charge in [0.05, 0.1) is 13.2 Å². The monoisotopic (exact) mass is 213 g/mol. The van der Waals surface area contributed by atoms with Crippen molar-refractivity contribution in [1.82, 2.24) is 0 Å². The van der Waals surface area contributed by atoms with E-state index in [0.717, 1.165) is 0 Å². The predicted octanol–water partition coefficient (Wildman–Crippen LogP) is 1.08. The summed E-state index contributed by atoms with van der Waals surface area (Å²) in [6.45, 7) is 1.69. The first kappa shape index (κ1) is 11.9. The van der Waals surface area contributed by atoms with Gasteiger partial charge in [-0.2, -0.15) is 0 Å². The predicted molar refractivity (Wildman–Crippen MR) is 56.3 cm³/mol. The van der Waals surface area contributed by atoms with Crippen LogP contribution in [-0.4, -0.2) is 24.4 Å². The van der Waals surface area contributed by atoms with Crippen molar-refractivity contribution >= 4 is 0 Å². The number of ether oxygens (including phenoxy) is 1. The van der Waals surface area contributed by atoms with E-state index >= 15 is 0 Å². The lowest BCUT2D eigenvalue weighted by molar-refractivity contribution is 0.150. The van der Waals surface area contributed by atoms with Gasteiger partial charge in [-0.05, 0) is 18.6 Å². The van der Waals surface area contributed by atoms with Crippen LogP contribution in [0, 0.1) is 5.82 Å². The highest BCUT2D eigenvalue weighted by Crippen LogP contribution is 2.17. The second-order valence-electron chi connectivity index (χ2n) is 3.59. The van der Waals surface area contributed by atoms with Gasteiger partial charge in [0.1, 0.15) is 11.6 Å². The first-order chi connectivity index (χ1) is 7.04. The van der Waals surface area contributed by atoms with Crippen LogP contribution < -0.4 is 10.5 Å². The maximum Gasteiger partial charge on any atom is 0.130 e. The van der Waals surface area contributed by atoms with E-state index in [-0.39, 0.29) is 18.3 Å². The van der Waals surface area contributed by atoms with E-state index in [1.807, 2.05) is 0 Å². The summed E-state index contributed by atoms with van der Waals surface area (Å²) in [4.78, 5) is 0. The average Bonchev–Trinajstić information content (AvgIpc) is 2.20. The first-order valence-corrected chi connectivity index (χ1v) is 4.80. The van der Waals surface area contributed by atoms with Crippen molar-refractivity contribution in [3.8, 4) is 5.75 Å². The van der Waals surface area contributed by atoms with Crippen molar-refractivity contribution in [2.24, 2.45) is 5.73 Å². The summed E-state index contributed by atoms with van der Waals surface area (Å²) < 4.78 is 18.3. The minimum atomic E-state index is -0.729. The topological polar surface area (TPSA) is 55.5 Å². The van der Waals surface area contributed by atoms with Gasteiger partial charge in [-0.25, -0.2) is 4.39 Å². The molecular formula is C11H16FNO2. The highest BCUT2D eigenvalue weighted by molar-refractivity contribution is 5.29. The lowest BCUT2D eigenvalue weighted by Gasteiger charge is -2.14. The molecule has 0 bridgehead atoms. The Hall–Kier alpha value is -1.13. The van der Waals surface area contributed by atoms with Crippen LogP contribution in [-0.2, 0) is 6.42 Å². The summed E-state index contributed by atoms with van der Waals surface area (Å²) >= 11 is 0. The Morgan fingerprint density at radius 3 is 2.67 bits per heavy atom. The van der Waals surface area contributed by atoms with Crippen LogP contribution in [0.15, 0.2) is 18.2 Å². The molecule has 0 saturated heterocycles. The third-order valence-electron chi connectivity index (χ3n) is 2.30. The third-order valence-corrected chi connectivity index (χ3v) is 2.30. The molecule has 0 heterocycles. The molecule has 84 valence electrons. The number of methoxy groups -OCH3 is 1. The van der Waals surface area contributed by atoms with Gasteiger partial charge in [0.2, 0.25) is 0 Å². The molecule has 0 aromatic heterocycles. The summed E-state index contributed by atoms with van der Waals surface area (Å²) in [6, 6.07) is 4.18. The molecule has 0 aliphatic heterocycles. The maximum atomic E-state index is 13.4. The zero-order valence-corrected chi connectivity index (χ0v) is 8.90. The SMILES string of the molecule is COc1ccc(CC(O)C(C)N)c(F)c1. The molecule has 1 aromatic rings. The molecule has 4 heteroatoms. The Bertz CT molecular complexity index is 328. The summed E-state index contributed by atoms with van der Waals surface area (Å²) in [5, 5.41) is 9.51. The lowest BCUT2D eigenvalue weighted by atomic mass is 10.0.